The molecule has 0 radical (unpaired) electrons. The Balaban J connectivity index is 2.89. The van der Waals surface area contributed by atoms with E-state index >= 15 is 0 Å². The van der Waals surface area contributed by atoms with Gasteiger partial charge in [-0.1, -0.05) is 123 Å². The molecule has 0 aromatic rings. The second-order valence-corrected chi connectivity index (χ2v) is 13.3. The van der Waals surface area contributed by atoms with Gasteiger partial charge in [-0.15, -0.1) is 0 Å². The van der Waals surface area contributed by atoms with E-state index in [1.54, 1.807) is 0 Å². The number of rotatable bonds is 29. The number of unbranched alkanes of at least 4 members (excludes halogenated alkanes) is 17. The lowest BCUT2D eigenvalue weighted by atomic mass is 9.94. The van der Waals surface area contributed by atoms with Crippen LogP contribution in [0.3, 0.4) is 0 Å². The van der Waals surface area contributed by atoms with Gasteiger partial charge in [-0.2, -0.15) is 0 Å². The Morgan fingerprint density at radius 2 is 1.15 bits per heavy atom. The highest BCUT2D eigenvalue weighted by Crippen LogP contribution is 2.26. The van der Waals surface area contributed by atoms with Crippen molar-refractivity contribution >= 4 is 23.7 Å². The number of carboxylic acids is 1. The van der Waals surface area contributed by atoms with E-state index in [9.17, 15) is 34.5 Å². The molecule has 12 heteroatoms. The highest BCUT2D eigenvalue weighted by Gasteiger charge is 2.48. The van der Waals surface area contributed by atoms with Gasteiger partial charge in [0.05, 0.1) is 19.6 Å². The van der Waals surface area contributed by atoms with Crippen LogP contribution in [-0.2, 0) is 23.9 Å². The largest absolute Gasteiger partial charge is 0.481 e. The molecule has 0 bridgehead atoms. The highest BCUT2D eigenvalue weighted by molar-refractivity contribution is 5.86. The molecule has 1 saturated heterocycles. The number of amides is 3. The molecule has 0 aromatic heterocycles. The predicted octanol–water partition coefficient (Wildman–Crippen LogP) is 4.56. The number of aliphatic carboxylic acids is 1. The summed E-state index contributed by atoms with van der Waals surface area (Å²) in [6.45, 7) is 3.66. The number of ether oxygens (including phenoxy) is 1. The van der Waals surface area contributed by atoms with Crippen molar-refractivity contribution in [1.29, 1.82) is 0 Å². The molecule has 1 heterocycles. The SMILES string of the molecule is CCCCCCCCCCCCN(C(=O)CCCCCCCCCCC)[C@@H]1O[C@H](CO)[C@@H](O)[C@H](O)[C@H]1NC(=O)CNC(=O)CCC(=O)O. The van der Waals surface area contributed by atoms with Gasteiger partial charge in [0.25, 0.3) is 0 Å². The van der Waals surface area contributed by atoms with Crippen molar-refractivity contribution < 1.29 is 44.3 Å². The van der Waals surface area contributed by atoms with Crippen LogP contribution in [0.2, 0.25) is 0 Å². The molecular weight excluding hydrogens is 618 g/mol. The summed E-state index contributed by atoms with van der Waals surface area (Å²) in [5.74, 6) is -2.64. The second-order valence-electron chi connectivity index (χ2n) is 13.3. The summed E-state index contributed by atoms with van der Waals surface area (Å²) in [4.78, 5) is 50.8. The average Bonchev–Trinajstić information content (AvgIpc) is 3.07. The number of aliphatic hydroxyl groups is 3. The molecule has 12 nitrogen and oxygen atoms in total. The van der Waals surface area contributed by atoms with E-state index < -0.39 is 61.5 Å². The standard InChI is InChI=1S/C36H67N3O9/c1-3-5-7-9-11-13-15-17-19-21-25-39(31(43)22-20-18-16-14-12-10-8-6-4-2)36-33(35(47)34(46)28(27-40)48-36)38-30(42)26-37-29(41)23-24-32(44)45/h28,33-36,40,46-47H,3-27H2,1-2H3,(H,37,41)(H,38,42)(H,44,45)/t28-,33-,34-,35-,36-/m1/s1. The Labute approximate surface area is 288 Å². The van der Waals surface area contributed by atoms with Crippen LogP contribution in [0.1, 0.15) is 155 Å². The van der Waals surface area contributed by atoms with Gasteiger partial charge in [0.15, 0.2) is 6.23 Å². The zero-order valence-corrected chi connectivity index (χ0v) is 29.8. The topological polar surface area (TPSA) is 186 Å². The number of nitrogens with one attached hydrogen (secondary N) is 2. The van der Waals surface area contributed by atoms with E-state index in [0.29, 0.717) is 19.4 Å². The van der Waals surface area contributed by atoms with E-state index in [1.807, 2.05) is 0 Å². The minimum Gasteiger partial charge on any atom is -0.481 e. The number of hydrogen-bond donors (Lipinski definition) is 6. The van der Waals surface area contributed by atoms with E-state index in [4.69, 9.17) is 9.84 Å². The van der Waals surface area contributed by atoms with Crippen LogP contribution in [0.4, 0.5) is 0 Å². The maximum absolute atomic E-state index is 13.7. The molecule has 0 saturated carbocycles. The minimum atomic E-state index is -1.55. The van der Waals surface area contributed by atoms with E-state index in [-0.39, 0.29) is 25.2 Å². The minimum absolute atomic E-state index is 0.180. The first-order valence-electron chi connectivity index (χ1n) is 18.9. The maximum atomic E-state index is 13.7. The number of carboxylic acid groups (broad SMARTS) is 1. The Hall–Kier alpha value is -2.28. The summed E-state index contributed by atoms with van der Waals surface area (Å²) in [5.41, 5.74) is 0. The van der Waals surface area contributed by atoms with Crippen molar-refractivity contribution in [2.75, 3.05) is 19.7 Å². The third-order valence-corrected chi connectivity index (χ3v) is 9.11. The van der Waals surface area contributed by atoms with Crippen LogP contribution in [0.25, 0.3) is 0 Å². The molecule has 1 aliphatic heterocycles. The Kier molecular flexibility index (Phi) is 25.1. The van der Waals surface area contributed by atoms with Gasteiger partial charge < -0.3 is 40.7 Å². The smallest absolute Gasteiger partial charge is 0.303 e. The predicted molar refractivity (Wildman–Crippen MR) is 185 cm³/mol. The summed E-state index contributed by atoms with van der Waals surface area (Å²) in [6.07, 6.45) is 15.4. The number of hydrogen-bond acceptors (Lipinski definition) is 8. The lowest BCUT2D eigenvalue weighted by Gasteiger charge is -2.47. The van der Waals surface area contributed by atoms with Crippen LogP contribution in [0.5, 0.6) is 0 Å². The first kappa shape index (κ1) is 43.7. The van der Waals surface area contributed by atoms with E-state index in [0.717, 1.165) is 38.5 Å². The first-order valence-corrected chi connectivity index (χ1v) is 18.9. The van der Waals surface area contributed by atoms with Gasteiger partial charge in [0.1, 0.15) is 24.4 Å². The average molecular weight is 686 g/mol. The third-order valence-electron chi connectivity index (χ3n) is 9.11. The summed E-state index contributed by atoms with van der Waals surface area (Å²) in [7, 11) is 0. The fourth-order valence-corrected chi connectivity index (χ4v) is 6.14. The molecule has 5 atom stereocenters. The molecule has 3 amide bonds. The molecule has 48 heavy (non-hydrogen) atoms. The van der Waals surface area contributed by atoms with Crippen molar-refractivity contribution in [1.82, 2.24) is 15.5 Å². The summed E-state index contributed by atoms with van der Waals surface area (Å²) in [5, 5.41) is 45.4. The van der Waals surface area contributed by atoms with E-state index in [2.05, 4.69) is 24.5 Å². The summed E-state index contributed by atoms with van der Waals surface area (Å²) < 4.78 is 6.02. The van der Waals surface area contributed by atoms with Gasteiger partial charge in [-0.3, -0.25) is 19.2 Å². The molecule has 280 valence electrons. The van der Waals surface area contributed by atoms with Crippen molar-refractivity contribution in [3.63, 3.8) is 0 Å². The van der Waals surface area contributed by atoms with Gasteiger partial charge in [-0.05, 0) is 12.8 Å². The van der Waals surface area contributed by atoms with Crippen molar-refractivity contribution in [3.8, 4) is 0 Å². The molecule has 0 aliphatic carbocycles. The molecule has 0 unspecified atom stereocenters. The molecular formula is C36H67N3O9. The van der Waals surface area contributed by atoms with Crippen molar-refractivity contribution in [2.45, 2.75) is 186 Å². The van der Waals surface area contributed by atoms with Crippen LogP contribution < -0.4 is 10.6 Å². The zero-order chi connectivity index (χ0) is 35.6. The maximum Gasteiger partial charge on any atom is 0.303 e. The van der Waals surface area contributed by atoms with Gasteiger partial charge in [0.2, 0.25) is 17.7 Å². The zero-order valence-electron chi connectivity index (χ0n) is 29.8. The van der Waals surface area contributed by atoms with Crippen molar-refractivity contribution in [2.24, 2.45) is 0 Å². The van der Waals surface area contributed by atoms with Gasteiger partial charge >= 0.3 is 5.97 Å². The first-order chi connectivity index (χ1) is 23.2. The molecule has 0 aromatic carbocycles. The molecule has 6 N–H and O–H groups in total. The van der Waals surface area contributed by atoms with Crippen LogP contribution in [0, 0.1) is 0 Å². The number of carbonyl (C=O) groups is 4. The fourth-order valence-electron chi connectivity index (χ4n) is 6.14. The Morgan fingerprint density at radius 3 is 1.65 bits per heavy atom. The summed E-state index contributed by atoms with van der Waals surface area (Å²) >= 11 is 0. The monoisotopic (exact) mass is 685 g/mol. The molecule has 1 aliphatic rings. The quantitative estimate of drug-likeness (QED) is 0.0614. The number of nitrogens with zero attached hydrogens (tertiary/aromatic N) is 1. The normalized spacial score (nSPS) is 20.7. The van der Waals surface area contributed by atoms with Crippen molar-refractivity contribution in [3.05, 3.63) is 0 Å². The third kappa shape index (κ3) is 19.0. The highest BCUT2D eigenvalue weighted by atomic mass is 16.5. The summed E-state index contributed by atoms with van der Waals surface area (Å²) in [6, 6.07) is -1.22. The molecule has 1 fully saturated rings. The second kappa shape index (κ2) is 27.5. The number of carbonyl (C=O) groups excluding carboxylic acids is 3. The molecule has 0 spiro atoms. The molecule has 1 rings (SSSR count). The number of aliphatic hydroxyl groups excluding tert-OH is 3. The van der Waals surface area contributed by atoms with E-state index in [1.165, 1.54) is 75.5 Å². The Bertz CT molecular complexity index is 891. The van der Waals surface area contributed by atoms with Crippen LogP contribution in [-0.4, -0.2) is 99.3 Å². The Morgan fingerprint density at radius 1 is 0.646 bits per heavy atom. The van der Waals surface area contributed by atoms with Gasteiger partial charge in [-0.25, -0.2) is 0 Å². The lowest BCUT2D eigenvalue weighted by Crippen LogP contribution is -2.69. The van der Waals surface area contributed by atoms with Gasteiger partial charge in [0, 0.05) is 19.4 Å². The van der Waals surface area contributed by atoms with Crippen LogP contribution in [0.15, 0.2) is 0 Å². The van der Waals surface area contributed by atoms with Crippen LogP contribution >= 0.6 is 0 Å². The fraction of sp³-hybridized carbons (Fsp3) is 0.889. The lowest BCUT2D eigenvalue weighted by molar-refractivity contribution is -0.231.